The lowest BCUT2D eigenvalue weighted by Gasteiger charge is -2.18. The summed E-state index contributed by atoms with van der Waals surface area (Å²) in [6.07, 6.45) is 0. The third-order valence-corrected chi connectivity index (χ3v) is 3.57. The number of carbonyl (C=O) groups excluding carboxylic acids is 1. The lowest BCUT2D eigenvalue weighted by molar-refractivity contribution is 0.0992. The summed E-state index contributed by atoms with van der Waals surface area (Å²) in [6.45, 7) is 0. The van der Waals surface area contributed by atoms with Crippen LogP contribution in [-0.4, -0.2) is 13.0 Å². The van der Waals surface area contributed by atoms with Gasteiger partial charge in [-0.05, 0) is 65.1 Å². The van der Waals surface area contributed by atoms with Gasteiger partial charge in [0.05, 0.1) is 5.56 Å². The molecule has 2 nitrogen and oxygen atoms in total. The van der Waals surface area contributed by atoms with Crippen molar-refractivity contribution in [2.24, 2.45) is 0 Å². The molecule has 0 atom stereocenters. The minimum absolute atomic E-state index is 0.268. The number of carbonyl (C=O) groups is 1. The van der Waals surface area contributed by atoms with Gasteiger partial charge in [0.1, 0.15) is 11.6 Å². The van der Waals surface area contributed by atoms with Gasteiger partial charge >= 0.3 is 0 Å². The summed E-state index contributed by atoms with van der Waals surface area (Å²) in [6, 6.07) is 9.59. The van der Waals surface area contributed by atoms with E-state index < -0.39 is 0 Å². The number of anilines is 1. The van der Waals surface area contributed by atoms with Crippen LogP contribution in [0, 0.1) is 15.2 Å². The molecule has 98 valence electrons. The Bertz CT molecular complexity index is 613. The number of rotatable bonds is 2. The number of benzene rings is 2. The van der Waals surface area contributed by atoms with Crippen LogP contribution in [-0.2, 0) is 0 Å². The first-order valence-electron chi connectivity index (χ1n) is 5.47. The van der Waals surface area contributed by atoms with Gasteiger partial charge in [-0.1, -0.05) is 0 Å². The van der Waals surface area contributed by atoms with Crippen LogP contribution in [0.2, 0.25) is 0 Å². The molecule has 0 radical (unpaired) electrons. The van der Waals surface area contributed by atoms with Gasteiger partial charge in [-0.25, -0.2) is 8.78 Å². The average molecular weight is 373 g/mol. The van der Waals surface area contributed by atoms with Gasteiger partial charge in [0, 0.05) is 16.3 Å². The fraction of sp³-hybridized carbons (Fsp3) is 0.0714. The molecule has 0 saturated heterocycles. The minimum atomic E-state index is -0.384. The van der Waals surface area contributed by atoms with E-state index in [4.69, 9.17) is 0 Å². The third-order valence-electron chi connectivity index (χ3n) is 2.68. The highest BCUT2D eigenvalue weighted by Crippen LogP contribution is 2.20. The first-order chi connectivity index (χ1) is 8.99. The van der Waals surface area contributed by atoms with Crippen LogP contribution in [0.15, 0.2) is 42.5 Å². The molecule has 0 saturated carbocycles. The van der Waals surface area contributed by atoms with Gasteiger partial charge in [-0.15, -0.1) is 0 Å². The van der Waals surface area contributed by atoms with Crippen molar-refractivity contribution >= 4 is 34.2 Å². The molecular formula is C14H10F2INO. The number of amides is 1. The lowest BCUT2D eigenvalue weighted by atomic mass is 10.2. The van der Waals surface area contributed by atoms with E-state index in [1.807, 2.05) is 22.6 Å². The van der Waals surface area contributed by atoms with Crippen molar-refractivity contribution in [3.8, 4) is 0 Å². The number of nitrogens with zero attached hydrogens (tertiary/aromatic N) is 1. The topological polar surface area (TPSA) is 20.3 Å². The molecule has 0 aliphatic carbocycles. The highest BCUT2D eigenvalue weighted by molar-refractivity contribution is 14.1. The average Bonchev–Trinajstić information content (AvgIpc) is 2.38. The zero-order chi connectivity index (χ0) is 14.0. The second-order valence-corrected chi connectivity index (χ2v) is 5.13. The predicted molar refractivity (Wildman–Crippen MR) is 78.3 cm³/mol. The molecular weight excluding hydrogens is 363 g/mol. The van der Waals surface area contributed by atoms with Gasteiger partial charge in [0.25, 0.3) is 5.91 Å². The molecule has 0 unspecified atom stereocenters. The second-order valence-electron chi connectivity index (χ2n) is 3.96. The van der Waals surface area contributed by atoms with Crippen molar-refractivity contribution in [3.63, 3.8) is 0 Å². The molecule has 1 amide bonds. The van der Waals surface area contributed by atoms with Crippen LogP contribution in [0.25, 0.3) is 0 Å². The predicted octanol–water partition coefficient (Wildman–Crippen LogP) is 3.85. The second kappa shape index (κ2) is 5.64. The maximum atomic E-state index is 13.0. The Morgan fingerprint density at radius 1 is 1.05 bits per heavy atom. The van der Waals surface area contributed by atoms with Crippen molar-refractivity contribution in [3.05, 3.63) is 63.2 Å². The highest BCUT2D eigenvalue weighted by Gasteiger charge is 2.16. The molecule has 0 spiro atoms. The molecule has 5 heteroatoms. The number of halogens is 3. The molecule has 19 heavy (non-hydrogen) atoms. The quantitative estimate of drug-likeness (QED) is 0.733. The molecule has 2 aromatic carbocycles. The minimum Gasteiger partial charge on any atom is -0.311 e. The van der Waals surface area contributed by atoms with Crippen LogP contribution >= 0.6 is 22.6 Å². The van der Waals surface area contributed by atoms with Crippen molar-refractivity contribution in [2.75, 3.05) is 11.9 Å². The summed E-state index contributed by atoms with van der Waals surface area (Å²) in [5.74, 6) is -1.01. The molecule has 0 heterocycles. The van der Waals surface area contributed by atoms with Crippen LogP contribution in [0.1, 0.15) is 10.4 Å². The van der Waals surface area contributed by atoms with Crippen LogP contribution in [0.4, 0.5) is 14.5 Å². The SMILES string of the molecule is CN(C(=O)c1ccc(F)cc1I)c1ccc(F)cc1. The molecule has 0 fully saturated rings. The third kappa shape index (κ3) is 3.09. The van der Waals surface area contributed by atoms with E-state index in [1.165, 1.54) is 47.4 Å². The number of hydrogen-bond donors (Lipinski definition) is 0. The highest BCUT2D eigenvalue weighted by atomic mass is 127. The fourth-order valence-corrected chi connectivity index (χ4v) is 2.33. The molecule has 2 rings (SSSR count). The van der Waals surface area contributed by atoms with Gasteiger partial charge in [0.2, 0.25) is 0 Å². The van der Waals surface area contributed by atoms with Crippen LogP contribution in [0.3, 0.4) is 0 Å². The number of hydrogen-bond acceptors (Lipinski definition) is 1. The van der Waals surface area contributed by atoms with Crippen molar-refractivity contribution in [1.29, 1.82) is 0 Å². The Labute approximate surface area is 123 Å². The Kier molecular flexibility index (Phi) is 4.14. The van der Waals surface area contributed by atoms with Crippen molar-refractivity contribution < 1.29 is 13.6 Å². The molecule has 0 aliphatic rings. The Morgan fingerprint density at radius 3 is 2.21 bits per heavy atom. The van der Waals surface area contributed by atoms with Crippen LogP contribution in [0.5, 0.6) is 0 Å². The van der Waals surface area contributed by atoms with E-state index in [9.17, 15) is 13.6 Å². The van der Waals surface area contributed by atoms with Crippen LogP contribution < -0.4 is 4.90 Å². The Balaban J connectivity index is 2.30. The summed E-state index contributed by atoms with van der Waals surface area (Å²) in [5.41, 5.74) is 0.986. The fourth-order valence-electron chi connectivity index (χ4n) is 1.63. The van der Waals surface area contributed by atoms with E-state index in [0.29, 0.717) is 14.8 Å². The molecule has 0 N–H and O–H groups in total. The van der Waals surface area contributed by atoms with Crippen molar-refractivity contribution in [1.82, 2.24) is 0 Å². The Hall–Kier alpha value is -1.50. The van der Waals surface area contributed by atoms with E-state index >= 15 is 0 Å². The van der Waals surface area contributed by atoms with Gasteiger partial charge in [0.15, 0.2) is 0 Å². The zero-order valence-electron chi connectivity index (χ0n) is 10.0. The van der Waals surface area contributed by atoms with E-state index in [1.54, 1.807) is 7.05 Å². The van der Waals surface area contributed by atoms with Gasteiger partial charge in [-0.2, -0.15) is 0 Å². The van der Waals surface area contributed by atoms with E-state index in [0.717, 1.165) is 0 Å². The standard InChI is InChI=1S/C14H10F2INO/c1-18(11-5-2-9(15)3-6-11)14(19)12-7-4-10(16)8-13(12)17/h2-8H,1H3. The molecule has 0 bridgehead atoms. The first-order valence-corrected chi connectivity index (χ1v) is 6.55. The van der Waals surface area contributed by atoms with Gasteiger partial charge < -0.3 is 4.90 Å². The molecule has 0 aromatic heterocycles. The monoisotopic (exact) mass is 373 g/mol. The summed E-state index contributed by atoms with van der Waals surface area (Å²) in [5, 5.41) is 0. The largest absolute Gasteiger partial charge is 0.311 e. The maximum Gasteiger partial charge on any atom is 0.259 e. The summed E-state index contributed by atoms with van der Waals surface area (Å²) in [7, 11) is 1.59. The normalized spacial score (nSPS) is 10.3. The first kappa shape index (κ1) is 13.9. The lowest BCUT2D eigenvalue weighted by Crippen LogP contribution is -2.27. The Morgan fingerprint density at radius 2 is 1.63 bits per heavy atom. The van der Waals surface area contributed by atoms with Gasteiger partial charge in [-0.3, -0.25) is 4.79 Å². The summed E-state index contributed by atoms with van der Waals surface area (Å²) in [4.78, 5) is 13.7. The smallest absolute Gasteiger partial charge is 0.259 e. The van der Waals surface area contributed by atoms with E-state index in [2.05, 4.69) is 0 Å². The molecule has 2 aromatic rings. The molecule has 0 aliphatic heterocycles. The zero-order valence-corrected chi connectivity index (χ0v) is 12.2. The summed E-state index contributed by atoms with van der Waals surface area (Å²) < 4.78 is 26.4. The van der Waals surface area contributed by atoms with E-state index in [-0.39, 0.29) is 17.5 Å². The van der Waals surface area contributed by atoms with Crippen molar-refractivity contribution in [2.45, 2.75) is 0 Å². The maximum absolute atomic E-state index is 13.0. The summed E-state index contributed by atoms with van der Waals surface area (Å²) >= 11 is 1.91.